The number of sulfone groups is 1. The van der Waals surface area contributed by atoms with E-state index in [1.165, 1.54) is 0 Å². The highest BCUT2D eigenvalue weighted by Gasteiger charge is 2.24. The largest absolute Gasteiger partial charge is 0.361 e. The van der Waals surface area contributed by atoms with Crippen LogP contribution in [0.1, 0.15) is 29.0 Å². The molecule has 0 unspecified atom stereocenters. The highest BCUT2D eigenvalue weighted by atomic mass is 32.2. The predicted molar refractivity (Wildman–Crippen MR) is 106 cm³/mol. The molecular weight excluding hydrogens is 378 g/mol. The van der Waals surface area contributed by atoms with Crippen molar-refractivity contribution in [3.8, 4) is 0 Å². The lowest BCUT2D eigenvalue weighted by Crippen LogP contribution is -2.48. The summed E-state index contributed by atoms with van der Waals surface area (Å²) in [4.78, 5) is 16.8. The SMILES string of the molecule is Cc1ccc(S(=O)(=O)CCC(=O)N2CCN(Cc3c(C)noc3C)CC2)cc1. The molecule has 28 heavy (non-hydrogen) atoms. The number of piperazine rings is 1. The fraction of sp³-hybridized carbons (Fsp3) is 0.500. The molecule has 0 aliphatic carbocycles. The number of aryl methyl sites for hydroxylation is 3. The van der Waals surface area contributed by atoms with Crippen LogP contribution in [-0.2, 0) is 21.2 Å². The smallest absolute Gasteiger partial charge is 0.223 e. The molecule has 1 aromatic carbocycles. The van der Waals surface area contributed by atoms with Crippen LogP contribution in [0.15, 0.2) is 33.7 Å². The van der Waals surface area contributed by atoms with Gasteiger partial charge in [-0.25, -0.2) is 8.42 Å². The molecule has 1 aliphatic rings. The van der Waals surface area contributed by atoms with Crippen molar-refractivity contribution < 1.29 is 17.7 Å². The first-order valence-electron chi connectivity index (χ1n) is 9.47. The summed E-state index contributed by atoms with van der Waals surface area (Å²) in [6, 6.07) is 6.74. The standard InChI is InChI=1S/C20H27N3O4S/c1-15-4-6-18(7-5-15)28(25,26)13-8-20(24)23-11-9-22(10-12-23)14-19-16(2)21-27-17(19)3/h4-7H,8-14H2,1-3H3. The number of carbonyl (C=O) groups excluding carboxylic acids is 1. The minimum absolute atomic E-state index is 0.0140. The minimum Gasteiger partial charge on any atom is -0.361 e. The van der Waals surface area contributed by atoms with Crippen LogP contribution >= 0.6 is 0 Å². The van der Waals surface area contributed by atoms with Gasteiger partial charge in [0.15, 0.2) is 9.84 Å². The van der Waals surface area contributed by atoms with Crippen LogP contribution in [0.3, 0.4) is 0 Å². The fourth-order valence-electron chi connectivity index (χ4n) is 3.35. The Morgan fingerprint density at radius 3 is 2.29 bits per heavy atom. The first-order valence-corrected chi connectivity index (χ1v) is 11.1. The topological polar surface area (TPSA) is 83.7 Å². The molecule has 0 N–H and O–H groups in total. The van der Waals surface area contributed by atoms with E-state index in [0.717, 1.165) is 42.2 Å². The van der Waals surface area contributed by atoms with Crippen molar-refractivity contribution in [2.45, 2.75) is 38.6 Å². The molecule has 3 rings (SSSR count). The van der Waals surface area contributed by atoms with Crippen molar-refractivity contribution in [2.75, 3.05) is 31.9 Å². The van der Waals surface area contributed by atoms with Gasteiger partial charge in [0.25, 0.3) is 0 Å². The average Bonchev–Trinajstić information content (AvgIpc) is 2.99. The van der Waals surface area contributed by atoms with Crippen LogP contribution in [0, 0.1) is 20.8 Å². The summed E-state index contributed by atoms with van der Waals surface area (Å²) in [6.45, 7) is 9.21. The van der Waals surface area contributed by atoms with E-state index in [-0.39, 0.29) is 23.0 Å². The van der Waals surface area contributed by atoms with Crippen LogP contribution in [-0.4, -0.2) is 61.2 Å². The van der Waals surface area contributed by atoms with Crippen molar-refractivity contribution in [2.24, 2.45) is 0 Å². The van der Waals surface area contributed by atoms with Crippen molar-refractivity contribution in [1.29, 1.82) is 0 Å². The molecule has 1 fully saturated rings. The Balaban J connectivity index is 1.49. The highest BCUT2D eigenvalue weighted by Crippen LogP contribution is 2.17. The predicted octanol–water partition coefficient (Wildman–Crippen LogP) is 2.11. The van der Waals surface area contributed by atoms with Gasteiger partial charge in [0.1, 0.15) is 5.76 Å². The number of amides is 1. The zero-order valence-electron chi connectivity index (χ0n) is 16.6. The van der Waals surface area contributed by atoms with E-state index >= 15 is 0 Å². The van der Waals surface area contributed by atoms with Crippen LogP contribution in [0.2, 0.25) is 0 Å². The molecular formula is C20H27N3O4S. The van der Waals surface area contributed by atoms with Gasteiger partial charge in [0.05, 0.1) is 16.3 Å². The molecule has 0 bridgehead atoms. The number of aromatic nitrogens is 1. The molecule has 0 saturated carbocycles. The van der Waals surface area contributed by atoms with Gasteiger partial charge in [-0.2, -0.15) is 0 Å². The van der Waals surface area contributed by atoms with Crippen molar-refractivity contribution in [1.82, 2.24) is 15.0 Å². The third-order valence-corrected chi connectivity index (χ3v) is 6.98. The Morgan fingerprint density at radius 1 is 1.07 bits per heavy atom. The molecule has 2 heterocycles. The van der Waals surface area contributed by atoms with Gasteiger partial charge in [-0.1, -0.05) is 22.9 Å². The van der Waals surface area contributed by atoms with E-state index in [2.05, 4.69) is 10.1 Å². The first-order chi connectivity index (χ1) is 13.3. The van der Waals surface area contributed by atoms with Gasteiger partial charge in [0, 0.05) is 44.7 Å². The van der Waals surface area contributed by atoms with Crippen molar-refractivity contribution in [3.05, 3.63) is 46.8 Å². The summed E-state index contributed by atoms with van der Waals surface area (Å²) in [5.74, 6) is 0.568. The van der Waals surface area contributed by atoms with Crippen molar-refractivity contribution in [3.63, 3.8) is 0 Å². The van der Waals surface area contributed by atoms with Gasteiger partial charge in [-0.15, -0.1) is 0 Å². The number of hydrogen-bond donors (Lipinski definition) is 0. The van der Waals surface area contributed by atoms with E-state index in [1.807, 2.05) is 20.8 Å². The molecule has 1 aromatic heterocycles. The van der Waals surface area contributed by atoms with Crippen LogP contribution in [0.4, 0.5) is 0 Å². The molecule has 2 aromatic rings. The maximum absolute atomic E-state index is 12.5. The zero-order chi connectivity index (χ0) is 20.3. The molecule has 0 atom stereocenters. The van der Waals surface area contributed by atoms with E-state index < -0.39 is 9.84 Å². The molecule has 152 valence electrons. The second-order valence-corrected chi connectivity index (χ2v) is 9.45. The fourth-order valence-corrected chi connectivity index (χ4v) is 4.58. The van der Waals surface area contributed by atoms with Gasteiger partial charge in [0.2, 0.25) is 5.91 Å². The second kappa shape index (κ2) is 8.45. The summed E-state index contributed by atoms with van der Waals surface area (Å²) in [5, 5.41) is 3.98. The van der Waals surface area contributed by atoms with Crippen LogP contribution in [0.5, 0.6) is 0 Å². The number of carbonyl (C=O) groups is 1. The average molecular weight is 406 g/mol. The molecule has 1 saturated heterocycles. The van der Waals surface area contributed by atoms with E-state index in [0.29, 0.717) is 13.1 Å². The Labute approximate surface area is 166 Å². The summed E-state index contributed by atoms with van der Waals surface area (Å²) >= 11 is 0. The zero-order valence-corrected chi connectivity index (χ0v) is 17.5. The molecule has 7 nitrogen and oxygen atoms in total. The number of hydrogen-bond acceptors (Lipinski definition) is 6. The van der Waals surface area contributed by atoms with E-state index in [1.54, 1.807) is 29.2 Å². The lowest BCUT2D eigenvalue weighted by molar-refractivity contribution is -0.132. The van der Waals surface area contributed by atoms with E-state index in [9.17, 15) is 13.2 Å². The third kappa shape index (κ3) is 4.80. The van der Waals surface area contributed by atoms with Gasteiger partial charge in [-0.05, 0) is 32.9 Å². The lowest BCUT2D eigenvalue weighted by Gasteiger charge is -2.34. The number of rotatable bonds is 6. The lowest BCUT2D eigenvalue weighted by atomic mass is 10.1. The quantitative estimate of drug-likeness (QED) is 0.732. The molecule has 1 amide bonds. The Hall–Kier alpha value is -2.19. The maximum Gasteiger partial charge on any atom is 0.223 e. The van der Waals surface area contributed by atoms with Gasteiger partial charge >= 0.3 is 0 Å². The molecule has 0 radical (unpaired) electrons. The molecule has 0 spiro atoms. The second-order valence-electron chi connectivity index (χ2n) is 7.34. The third-order valence-electron chi connectivity index (χ3n) is 5.25. The van der Waals surface area contributed by atoms with E-state index in [4.69, 9.17) is 4.52 Å². The molecule has 8 heteroatoms. The Bertz CT molecular complexity index is 907. The summed E-state index contributed by atoms with van der Waals surface area (Å²) in [5.41, 5.74) is 3.01. The molecule has 1 aliphatic heterocycles. The monoisotopic (exact) mass is 405 g/mol. The number of benzene rings is 1. The normalized spacial score (nSPS) is 15.8. The summed E-state index contributed by atoms with van der Waals surface area (Å²) in [6.07, 6.45) is 0.0140. The Kier molecular flexibility index (Phi) is 6.20. The Morgan fingerprint density at radius 2 is 1.71 bits per heavy atom. The van der Waals surface area contributed by atoms with Crippen LogP contribution < -0.4 is 0 Å². The number of nitrogens with zero attached hydrogens (tertiary/aromatic N) is 3. The van der Waals surface area contributed by atoms with Gasteiger partial charge < -0.3 is 9.42 Å². The minimum atomic E-state index is -3.44. The highest BCUT2D eigenvalue weighted by molar-refractivity contribution is 7.91. The maximum atomic E-state index is 12.5. The summed E-state index contributed by atoms with van der Waals surface area (Å²) < 4.78 is 30.1. The van der Waals surface area contributed by atoms with Crippen molar-refractivity contribution >= 4 is 15.7 Å². The first kappa shape index (κ1) is 20.5. The van der Waals surface area contributed by atoms with Crippen LogP contribution in [0.25, 0.3) is 0 Å². The van der Waals surface area contributed by atoms with Gasteiger partial charge in [-0.3, -0.25) is 9.69 Å². The summed E-state index contributed by atoms with van der Waals surface area (Å²) in [7, 11) is -3.44.